The van der Waals surface area contributed by atoms with E-state index in [1.807, 2.05) is 27.7 Å². The molecule has 2 aromatic rings. The summed E-state index contributed by atoms with van der Waals surface area (Å²) in [5.41, 5.74) is 1.13. The molecule has 0 saturated carbocycles. The maximum Gasteiger partial charge on any atom is 0.262 e. The van der Waals surface area contributed by atoms with Crippen LogP contribution in [0.5, 0.6) is 0 Å². The Morgan fingerprint density at radius 2 is 0.784 bits per heavy atom. The summed E-state index contributed by atoms with van der Waals surface area (Å²) in [7, 11) is 0. The predicted octanol–water partition coefficient (Wildman–Crippen LogP) is 3.13. The summed E-state index contributed by atoms with van der Waals surface area (Å²) in [4.78, 5) is 87.2. The van der Waals surface area contributed by atoms with Gasteiger partial charge in [-0.2, -0.15) is 0 Å². The number of hydrogen-bond acceptors (Lipinski definition) is 9. The molecule has 1 saturated heterocycles. The molecule has 2 unspecified atom stereocenters. The maximum atomic E-state index is 14.2. The van der Waals surface area contributed by atoms with Crippen molar-refractivity contribution in [1.29, 1.82) is 0 Å². The second-order valence-electron chi connectivity index (χ2n) is 13.8. The zero-order chi connectivity index (χ0) is 36.7. The molecule has 3 aliphatic heterocycles. The van der Waals surface area contributed by atoms with Gasteiger partial charge < -0.3 is 24.0 Å². The van der Waals surface area contributed by atoms with Gasteiger partial charge >= 0.3 is 0 Å². The van der Waals surface area contributed by atoms with Gasteiger partial charge in [-0.25, -0.2) is 0 Å². The lowest BCUT2D eigenvalue weighted by Crippen LogP contribution is -2.53. The summed E-state index contributed by atoms with van der Waals surface area (Å²) < 4.78 is 17.5. The molecule has 51 heavy (non-hydrogen) atoms. The number of imide groups is 2. The molecule has 5 rings (SSSR count). The summed E-state index contributed by atoms with van der Waals surface area (Å²) in [6, 6.07) is 11.2. The van der Waals surface area contributed by atoms with Gasteiger partial charge in [-0.1, -0.05) is 52.0 Å². The van der Waals surface area contributed by atoms with Crippen LogP contribution in [0, 0.1) is 11.8 Å². The maximum absolute atomic E-state index is 14.2. The molecule has 0 spiro atoms. The molecule has 6 amide bonds. The summed E-state index contributed by atoms with van der Waals surface area (Å²) in [6.45, 7) is 9.61. The Hall–Kier alpha value is -4.46. The molecule has 0 radical (unpaired) electrons. The zero-order valence-electron chi connectivity index (χ0n) is 29.9. The Kier molecular flexibility index (Phi) is 12.7. The summed E-state index contributed by atoms with van der Waals surface area (Å²) in [6.07, 6.45) is 0.580. The van der Waals surface area contributed by atoms with E-state index >= 15 is 0 Å². The molecule has 3 heterocycles. The van der Waals surface area contributed by atoms with Crippen molar-refractivity contribution >= 4 is 35.4 Å². The van der Waals surface area contributed by atoms with Gasteiger partial charge in [0.1, 0.15) is 12.1 Å². The lowest BCUT2D eigenvalue weighted by Gasteiger charge is -2.33. The molecule has 0 N–H and O–H groups in total. The fraction of sp³-hybridized carbons (Fsp3) is 0.526. The SMILES string of the molecule is CC(C)CC(C(=O)N1CCOCCOCCN(C(=O)C(CC(C)C)N2C(=O)c3ccccc3C2=O)CCOCC1)N1C(=O)c2ccccc2C1=O. The van der Waals surface area contributed by atoms with Crippen molar-refractivity contribution in [3.8, 4) is 0 Å². The van der Waals surface area contributed by atoms with Crippen LogP contribution < -0.4 is 0 Å². The summed E-state index contributed by atoms with van der Waals surface area (Å²) >= 11 is 0. The quantitative estimate of drug-likeness (QED) is 0.379. The number of benzene rings is 2. The first kappa shape index (κ1) is 37.8. The molecule has 2 atom stereocenters. The molecule has 2 aromatic carbocycles. The highest BCUT2D eigenvalue weighted by Gasteiger charge is 2.45. The van der Waals surface area contributed by atoms with Crippen LogP contribution >= 0.6 is 0 Å². The first-order valence-electron chi connectivity index (χ1n) is 17.8. The molecule has 0 bridgehead atoms. The van der Waals surface area contributed by atoms with Gasteiger partial charge in [-0.3, -0.25) is 38.6 Å². The second-order valence-corrected chi connectivity index (χ2v) is 13.8. The molecular weight excluding hydrogens is 656 g/mol. The van der Waals surface area contributed by atoms with E-state index in [-0.39, 0.29) is 125 Å². The molecule has 13 nitrogen and oxygen atoms in total. The van der Waals surface area contributed by atoms with E-state index in [2.05, 4.69) is 0 Å². The van der Waals surface area contributed by atoms with Crippen molar-refractivity contribution in [3.05, 3.63) is 70.8 Å². The minimum atomic E-state index is -1.00. The number of amides is 6. The van der Waals surface area contributed by atoms with Crippen molar-refractivity contribution in [2.45, 2.75) is 52.6 Å². The van der Waals surface area contributed by atoms with Crippen molar-refractivity contribution in [3.63, 3.8) is 0 Å². The van der Waals surface area contributed by atoms with Crippen molar-refractivity contribution in [1.82, 2.24) is 19.6 Å². The van der Waals surface area contributed by atoms with Crippen LogP contribution in [0.25, 0.3) is 0 Å². The fourth-order valence-corrected chi connectivity index (χ4v) is 6.72. The minimum absolute atomic E-state index is 0.0136. The zero-order valence-corrected chi connectivity index (χ0v) is 29.9. The molecule has 0 aromatic heterocycles. The highest BCUT2D eigenvalue weighted by molar-refractivity contribution is 6.23. The van der Waals surface area contributed by atoms with E-state index in [0.717, 1.165) is 9.80 Å². The Bertz CT molecular complexity index is 1440. The Balaban J connectivity index is 1.29. The third-order valence-corrected chi connectivity index (χ3v) is 9.25. The Morgan fingerprint density at radius 3 is 1.06 bits per heavy atom. The van der Waals surface area contributed by atoms with Gasteiger partial charge in [0.2, 0.25) is 11.8 Å². The van der Waals surface area contributed by atoms with Gasteiger partial charge in [-0.05, 0) is 48.9 Å². The number of fused-ring (bicyclic) bond motifs is 2. The predicted molar refractivity (Wildman–Crippen MR) is 186 cm³/mol. The largest absolute Gasteiger partial charge is 0.378 e. The average Bonchev–Trinajstić information content (AvgIpc) is 3.51. The standard InChI is InChI=1S/C38H48N4O9/c1-25(2)23-31(41-33(43)27-9-5-6-10-28(27)34(41)44)37(47)39-13-17-49-18-14-40(16-20-51-22-21-50-19-15-39)38(48)32(24-26(3)4)42-35(45)29-11-7-8-12-30(29)36(42)46/h5-12,25-26,31-32H,13-24H2,1-4H3. The number of nitrogens with zero attached hydrogens (tertiary/aromatic N) is 4. The van der Waals surface area contributed by atoms with E-state index in [4.69, 9.17) is 14.2 Å². The minimum Gasteiger partial charge on any atom is -0.378 e. The molecule has 274 valence electrons. The van der Waals surface area contributed by atoms with E-state index in [0.29, 0.717) is 0 Å². The first-order chi connectivity index (χ1) is 24.5. The molecule has 1 fully saturated rings. The van der Waals surface area contributed by atoms with Crippen LogP contribution in [0.2, 0.25) is 0 Å². The number of ether oxygens (including phenoxy) is 3. The summed E-state index contributed by atoms with van der Waals surface area (Å²) in [5.74, 6) is -2.67. The lowest BCUT2D eigenvalue weighted by atomic mass is 10.0. The van der Waals surface area contributed by atoms with Gasteiger partial charge in [0.25, 0.3) is 23.6 Å². The van der Waals surface area contributed by atoms with Crippen LogP contribution in [0.1, 0.15) is 82.0 Å². The van der Waals surface area contributed by atoms with Crippen LogP contribution in [0.15, 0.2) is 48.5 Å². The average molecular weight is 705 g/mol. The van der Waals surface area contributed by atoms with Gasteiger partial charge in [-0.15, -0.1) is 0 Å². The molecule has 3 aliphatic rings. The Morgan fingerprint density at radius 1 is 0.510 bits per heavy atom. The molecule has 13 heteroatoms. The third-order valence-electron chi connectivity index (χ3n) is 9.25. The van der Waals surface area contributed by atoms with Gasteiger partial charge in [0.15, 0.2) is 0 Å². The highest BCUT2D eigenvalue weighted by Crippen LogP contribution is 2.29. The number of hydrogen-bond donors (Lipinski definition) is 0. The Labute approximate surface area is 298 Å². The number of carbonyl (C=O) groups excluding carboxylic acids is 6. The second kappa shape index (κ2) is 17.2. The molecule has 0 aliphatic carbocycles. The lowest BCUT2D eigenvalue weighted by molar-refractivity contribution is -0.138. The highest BCUT2D eigenvalue weighted by atomic mass is 16.5. The van der Waals surface area contributed by atoms with E-state index in [1.54, 1.807) is 58.3 Å². The number of carbonyl (C=O) groups is 6. The van der Waals surface area contributed by atoms with E-state index in [1.165, 1.54) is 0 Å². The van der Waals surface area contributed by atoms with Crippen LogP contribution in [0.4, 0.5) is 0 Å². The smallest absolute Gasteiger partial charge is 0.262 e. The fourth-order valence-electron chi connectivity index (χ4n) is 6.72. The third kappa shape index (κ3) is 8.54. The molecular formula is C38H48N4O9. The topological polar surface area (TPSA) is 143 Å². The normalized spacial score (nSPS) is 19.3. The monoisotopic (exact) mass is 704 g/mol. The van der Waals surface area contributed by atoms with Crippen molar-refractivity contribution < 1.29 is 43.0 Å². The van der Waals surface area contributed by atoms with E-state index in [9.17, 15) is 28.8 Å². The summed E-state index contributed by atoms with van der Waals surface area (Å²) in [5, 5.41) is 0. The van der Waals surface area contributed by atoms with Gasteiger partial charge in [0.05, 0.1) is 61.9 Å². The van der Waals surface area contributed by atoms with Gasteiger partial charge in [0, 0.05) is 26.2 Å². The van der Waals surface area contributed by atoms with Crippen molar-refractivity contribution in [2.24, 2.45) is 11.8 Å². The number of rotatable bonds is 8. The van der Waals surface area contributed by atoms with Crippen LogP contribution in [0.3, 0.4) is 0 Å². The first-order valence-corrected chi connectivity index (χ1v) is 17.8. The van der Waals surface area contributed by atoms with Crippen LogP contribution in [-0.2, 0) is 23.8 Å². The van der Waals surface area contributed by atoms with E-state index < -0.39 is 35.7 Å². The van der Waals surface area contributed by atoms with Crippen molar-refractivity contribution in [2.75, 3.05) is 65.8 Å². The van der Waals surface area contributed by atoms with Crippen LogP contribution in [-0.4, -0.2) is 133 Å².